The maximum Gasteiger partial charge on any atom is 0.298 e. The van der Waals surface area contributed by atoms with Gasteiger partial charge in [-0.05, 0) is 0 Å². The first-order valence-corrected chi connectivity index (χ1v) is 8.07. The fourth-order valence-corrected chi connectivity index (χ4v) is 4.18. The summed E-state index contributed by atoms with van der Waals surface area (Å²) in [4.78, 5) is -4.20. The number of hydrogen-bond donors (Lipinski definition) is 5. The van der Waals surface area contributed by atoms with Crippen LogP contribution in [-0.4, -0.2) is 39.8 Å². The molecule has 0 aliphatic carbocycles. The van der Waals surface area contributed by atoms with E-state index < -0.39 is 57.4 Å². The monoisotopic (exact) mass is 333 g/mol. The van der Waals surface area contributed by atoms with E-state index in [1.54, 1.807) is 0 Å². The number of phenols is 1. The lowest BCUT2D eigenvalue weighted by molar-refractivity contribution is 0.455. The third-order valence-corrected chi connectivity index (χ3v) is 4.78. The normalized spacial score (nSPS) is 14.3. The van der Waals surface area contributed by atoms with Crippen molar-refractivity contribution in [3.8, 4) is 5.75 Å². The first-order chi connectivity index (χ1) is 8.37. The van der Waals surface area contributed by atoms with E-state index in [2.05, 4.69) is 0 Å². The minimum atomic E-state index is -5.23. The zero-order valence-electron chi connectivity index (χ0n) is 8.71. The van der Waals surface area contributed by atoms with E-state index in [1.165, 1.54) is 0 Å². The van der Waals surface area contributed by atoms with Crippen molar-refractivity contribution < 1.29 is 39.8 Å². The maximum atomic E-state index is 11.1. The van der Waals surface area contributed by atoms with Crippen molar-refractivity contribution in [3.63, 3.8) is 0 Å². The summed E-state index contributed by atoms with van der Waals surface area (Å²) in [6, 6.07) is 0.281. The Kier molecular flexibility index (Phi) is 3.91. The van der Waals surface area contributed by atoms with Gasteiger partial charge >= 0.3 is 0 Å². The number of nitrogen functional groups attached to an aromatic ring is 1. The van der Waals surface area contributed by atoms with Gasteiger partial charge in [0.05, 0.1) is 5.69 Å². The molecule has 0 aliphatic heterocycles. The lowest BCUT2D eigenvalue weighted by atomic mass is 10.3. The molecule has 0 radical (unpaired) electrons. The third kappa shape index (κ3) is 3.02. The molecule has 0 fully saturated rings. The van der Waals surface area contributed by atoms with Gasteiger partial charge in [-0.25, -0.2) is 4.21 Å². The van der Waals surface area contributed by atoms with Crippen molar-refractivity contribution in [2.45, 2.75) is 14.7 Å². The predicted molar refractivity (Wildman–Crippen MR) is 61.2 cm³/mol. The van der Waals surface area contributed by atoms with Crippen LogP contribution >= 0.6 is 0 Å². The van der Waals surface area contributed by atoms with Gasteiger partial charge in [0, 0.05) is 6.07 Å². The lowest BCUT2D eigenvalue weighted by Gasteiger charge is -2.12. The highest BCUT2D eigenvalue weighted by atomic mass is 32.2. The summed E-state index contributed by atoms with van der Waals surface area (Å²) in [6.45, 7) is 0. The second-order valence-corrected chi connectivity index (χ2v) is 6.82. The Labute approximate surface area is 109 Å². The molecule has 0 saturated carbocycles. The molecule has 0 aromatic heterocycles. The van der Waals surface area contributed by atoms with Crippen LogP contribution in [0, 0.1) is 0 Å². The predicted octanol–water partition coefficient (Wildman–Crippen LogP) is -0.952. The molecule has 1 aromatic rings. The van der Waals surface area contributed by atoms with Crippen molar-refractivity contribution >= 4 is 37.0 Å². The molecule has 6 N–H and O–H groups in total. The number of hydrogen-bond acceptors (Lipinski definition) is 7. The Bertz CT molecular complexity index is 764. The summed E-state index contributed by atoms with van der Waals surface area (Å²) in [5.41, 5.74) is 4.07. The summed E-state index contributed by atoms with van der Waals surface area (Å²) in [6.07, 6.45) is 0. The number of aromatic hydroxyl groups is 1. The number of anilines is 1. The summed E-state index contributed by atoms with van der Waals surface area (Å²) >= 11 is -3.23. The largest absolute Gasteiger partial charge is 0.506 e. The van der Waals surface area contributed by atoms with E-state index in [1.807, 2.05) is 0 Å². The van der Waals surface area contributed by atoms with Crippen molar-refractivity contribution in [1.82, 2.24) is 0 Å². The second-order valence-electron chi connectivity index (χ2n) is 3.17. The van der Waals surface area contributed by atoms with Crippen LogP contribution in [0.2, 0.25) is 0 Å². The number of benzene rings is 1. The van der Waals surface area contributed by atoms with Crippen LogP contribution in [0.5, 0.6) is 5.75 Å². The SMILES string of the molecule is Nc1c(O)cc(S(=O)(=O)O)c(S(=O)O)c1S(=O)(=O)O. The molecule has 0 saturated heterocycles. The number of nitrogens with two attached hydrogens (primary N) is 1. The van der Waals surface area contributed by atoms with E-state index in [9.17, 15) is 26.2 Å². The molecule has 10 nitrogen and oxygen atoms in total. The van der Waals surface area contributed by atoms with E-state index in [0.29, 0.717) is 0 Å². The van der Waals surface area contributed by atoms with Crippen LogP contribution in [0.1, 0.15) is 0 Å². The highest BCUT2D eigenvalue weighted by Gasteiger charge is 2.32. The van der Waals surface area contributed by atoms with Crippen LogP contribution < -0.4 is 5.73 Å². The molecule has 108 valence electrons. The molecule has 13 heteroatoms. The Morgan fingerprint density at radius 1 is 1.11 bits per heavy atom. The van der Waals surface area contributed by atoms with Crippen LogP contribution in [0.15, 0.2) is 20.8 Å². The molecule has 0 aliphatic rings. The molecule has 1 atom stereocenters. The van der Waals surface area contributed by atoms with Gasteiger partial charge in [-0.3, -0.25) is 9.11 Å². The van der Waals surface area contributed by atoms with Gasteiger partial charge in [0.2, 0.25) is 0 Å². The molecule has 0 amide bonds. The first kappa shape index (κ1) is 15.8. The Hall–Kier alpha value is -1.25. The highest BCUT2D eigenvalue weighted by Crippen LogP contribution is 2.37. The van der Waals surface area contributed by atoms with E-state index >= 15 is 0 Å². The zero-order valence-corrected chi connectivity index (χ0v) is 11.2. The smallest absolute Gasteiger partial charge is 0.298 e. The molecule has 0 bridgehead atoms. The van der Waals surface area contributed by atoms with Crippen LogP contribution in [0.3, 0.4) is 0 Å². The first-order valence-electron chi connectivity index (χ1n) is 4.08. The second kappa shape index (κ2) is 4.69. The summed E-state index contributed by atoms with van der Waals surface area (Å²) in [5.74, 6) is -1.12. The highest BCUT2D eigenvalue weighted by molar-refractivity contribution is 7.88. The molecular weight excluding hydrogens is 326 g/mol. The Morgan fingerprint density at radius 3 is 1.89 bits per heavy atom. The maximum absolute atomic E-state index is 11.1. The Balaban J connectivity index is 4.13. The van der Waals surface area contributed by atoms with Gasteiger partial charge < -0.3 is 15.4 Å². The third-order valence-electron chi connectivity index (χ3n) is 1.93. The quantitative estimate of drug-likeness (QED) is 0.199. The molecule has 1 aromatic carbocycles. The average Bonchev–Trinajstić information content (AvgIpc) is 2.17. The van der Waals surface area contributed by atoms with E-state index in [0.717, 1.165) is 0 Å². The molecular formula is C6H7NO9S3. The molecule has 0 spiro atoms. The zero-order chi connectivity index (χ0) is 15.2. The summed E-state index contributed by atoms with van der Waals surface area (Å²) < 4.78 is 81.7. The van der Waals surface area contributed by atoms with Gasteiger partial charge in [0.25, 0.3) is 20.2 Å². The number of phenolic OH excluding ortho intramolecular Hbond substituents is 1. The van der Waals surface area contributed by atoms with Crippen LogP contribution in [0.4, 0.5) is 5.69 Å². The van der Waals surface area contributed by atoms with Gasteiger partial charge in [-0.2, -0.15) is 16.8 Å². The molecule has 0 heterocycles. The molecule has 1 rings (SSSR count). The standard InChI is InChI=1S/C6H7NO9S3/c7-4-2(8)1-3(18(11,12)13)5(17(9)10)6(4)19(14,15)16/h1,8H,7H2,(H,9,10)(H,11,12,13)(H,14,15,16). The summed E-state index contributed by atoms with van der Waals surface area (Å²) in [7, 11) is -10.4. The minimum absolute atomic E-state index is 0.281. The fraction of sp³-hybridized carbons (Fsp3) is 0. The van der Waals surface area contributed by atoms with Gasteiger partial charge in [0.15, 0.2) is 11.1 Å². The van der Waals surface area contributed by atoms with Crippen LogP contribution in [0.25, 0.3) is 0 Å². The Morgan fingerprint density at radius 2 is 1.58 bits per heavy atom. The number of rotatable bonds is 3. The fourth-order valence-electron chi connectivity index (χ4n) is 1.23. The van der Waals surface area contributed by atoms with Gasteiger partial charge in [0.1, 0.15) is 20.4 Å². The topological polar surface area (TPSA) is 192 Å². The minimum Gasteiger partial charge on any atom is -0.506 e. The molecule has 19 heavy (non-hydrogen) atoms. The van der Waals surface area contributed by atoms with Crippen molar-refractivity contribution in [2.24, 2.45) is 0 Å². The van der Waals surface area contributed by atoms with E-state index in [-0.39, 0.29) is 6.07 Å². The van der Waals surface area contributed by atoms with Crippen LogP contribution in [-0.2, 0) is 31.3 Å². The van der Waals surface area contributed by atoms with Crippen molar-refractivity contribution in [3.05, 3.63) is 6.07 Å². The summed E-state index contributed by atoms with van der Waals surface area (Å²) in [5, 5.41) is 9.26. The molecule has 1 unspecified atom stereocenters. The van der Waals surface area contributed by atoms with Gasteiger partial charge in [-0.1, -0.05) is 0 Å². The van der Waals surface area contributed by atoms with Crippen molar-refractivity contribution in [1.29, 1.82) is 0 Å². The van der Waals surface area contributed by atoms with Gasteiger partial charge in [-0.15, -0.1) is 0 Å². The average molecular weight is 333 g/mol. The lowest BCUT2D eigenvalue weighted by Crippen LogP contribution is -2.13. The van der Waals surface area contributed by atoms with Crippen molar-refractivity contribution in [2.75, 3.05) is 5.73 Å². The van der Waals surface area contributed by atoms with E-state index in [4.69, 9.17) is 19.4 Å².